The summed E-state index contributed by atoms with van der Waals surface area (Å²) in [7, 11) is 0. The molecule has 17 heavy (non-hydrogen) atoms. The van der Waals surface area contributed by atoms with Gasteiger partial charge in [0, 0.05) is 3.57 Å². The summed E-state index contributed by atoms with van der Waals surface area (Å²) in [5.74, 6) is 0.382. The molecule has 6 heteroatoms. The van der Waals surface area contributed by atoms with Crippen LogP contribution in [0.25, 0.3) is 0 Å². The molecule has 0 aliphatic heterocycles. The minimum Gasteiger partial charge on any atom is -0.397 e. The third-order valence-corrected chi connectivity index (χ3v) is 3.54. The lowest BCUT2D eigenvalue weighted by Crippen LogP contribution is -1.98. The third kappa shape index (κ3) is 3.06. The number of rotatable bonds is 2. The number of hydrogen-bond acceptors (Lipinski definition) is 3. The number of aromatic nitrogens is 1. The van der Waals surface area contributed by atoms with Gasteiger partial charge in [-0.1, -0.05) is 0 Å². The summed E-state index contributed by atoms with van der Waals surface area (Å²) in [6.07, 6.45) is 1.56. The lowest BCUT2D eigenvalue weighted by Gasteiger charge is -2.09. The summed E-state index contributed by atoms with van der Waals surface area (Å²) < 4.78 is 14.5. The molecule has 0 fully saturated rings. The van der Waals surface area contributed by atoms with Gasteiger partial charge < -0.3 is 11.1 Å². The van der Waals surface area contributed by atoms with Crippen molar-refractivity contribution in [3.63, 3.8) is 0 Å². The minimum atomic E-state index is -0.260. The van der Waals surface area contributed by atoms with E-state index in [1.807, 2.05) is 0 Å². The Balaban J connectivity index is 2.31. The number of hydrogen-bond donors (Lipinski definition) is 2. The van der Waals surface area contributed by atoms with E-state index >= 15 is 0 Å². The van der Waals surface area contributed by atoms with Crippen LogP contribution < -0.4 is 11.1 Å². The van der Waals surface area contributed by atoms with Crippen molar-refractivity contribution < 1.29 is 4.39 Å². The maximum Gasteiger partial charge on any atom is 0.144 e. The Morgan fingerprint density at radius 1 is 1.35 bits per heavy atom. The monoisotopic (exact) mass is 407 g/mol. The van der Waals surface area contributed by atoms with E-state index in [4.69, 9.17) is 5.73 Å². The summed E-state index contributed by atoms with van der Waals surface area (Å²) in [5.41, 5.74) is 6.98. The SMILES string of the molecule is Nc1cnc(Nc2ccc(F)cc2I)c(Br)c1. The van der Waals surface area contributed by atoms with Crippen molar-refractivity contribution in [1.82, 2.24) is 4.98 Å². The summed E-state index contributed by atoms with van der Waals surface area (Å²) in [6, 6.07) is 6.27. The van der Waals surface area contributed by atoms with E-state index in [1.54, 1.807) is 18.3 Å². The first-order chi connectivity index (χ1) is 8.06. The third-order valence-electron chi connectivity index (χ3n) is 2.05. The molecule has 0 bridgehead atoms. The quantitative estimate of drug-likeness (QED) is 0.742. The predicted octanol–water partition coefficient (Wildman–Crippen LogP) is 3.91. The number of nitrogens with two attached hydrogens (primary N) is 1. The van der Waals surface area contributed by atoms with Gasteiger partial charge in [-0.05, 0) is 62.8 Å². The van der Waals surface area contributed by atoms with Gasteiger partial charge in [0.25, 0.3) is 0 Å². The van der Waals surface area contributed by atoms with E-state index in [-0.39, 0.29) is 5.82 Å². The van der Waals surface area contributed by atoms with E-state index in [2.05, 4.69) is 48.8 Å². The van der Waals surface area contributed by atoms with E-state index in [1.165, 1.54) is 12.1 Å². The Kier molecular flexibility index (Phi) is 3.82. The standard InChI is InChI=1S/C11H8BrFIN3/c12-8-4-7(15)5-16-11(8)17-10-2-1-6(13)3-9(10)14/h1-5H,15H2,(H,16,17). The molecule has 0 saturated heterocycles. The Bertz CT molecular complexity index is 513. The Labute approximate surface area is 120 Å². The molecule has 0 saturated carbocycles. The maximum atomic E-state index is 12.9. The van der Waals surface area contributed by atoms with Gasteiger partial charge in [0.15, 0.2) is 0 Å². The molecular weight excluding hydrogens is 400 g/mol. The van der Waals surface area contributed by atoms with Gasteiger partial charge in [-0.2, -0.15) is 0 Å². The van der Waals surface area contributed by atoms with Gasteiger partial charge in [0.05, 0.1) is 22.0 Å². The highest BCUT2D eigenvalue weighted by atomic mass is 127. The zero-order chi connectivity index (χ0) is 12.4. The minimum absolute atomic E-state index is 0.260. The van der Waals surface area contributed by atoms with E-state index in [9.17, 15) is 4.39 Å². The van der Waals surface area contributed by atoms with Crippen molar-refractivity contribution in [2.24, 2.45) is 0 Å². The highest BCUT2D eigenvalue weighted by Crippen LogP contribution is 2.27. The van der Waals surface area contributed by atoms with Crippen LogP contribution in [0.15, 0.2) is 34.9 Å². The summed E-state index contributed by atoms with van der Waals surface area (Å²) in [6.45, 7) is 0. The molecular formula is C11H8BrFIN3. The van der Waals surface area contributed by atoms with Crippen molar-refractivity contribution in [3.8, 4) is 0 Å². The molecule has 3 nitrogen and oxygen atoms in total. The van der Waals surface area contributed by atoms with Crippen molar-refractivity contribution in [2.75, 3.05) is 11.1 Å². The first-order valence-electron chi connectivity index (χ1n) is 4.69. The van der Waals surface area contributed by atoms with Crippen molar-refractivity contribution in [3.05, 3.63) is 44.3 Å². The molecule has 88 valence electrons. The van der Waals surface area contributed by atoms with Crippen LogP contribution in [0.2, 0.25) is 0 Å². The molecule has 0 aliphatic carbocycles. The molecule has 1 aromatic heterocycles. The lowest BCUT2D eigenvalue weighted by atomic mass is 10.3. The second-order valence-electron chi connectivity index (χ2n) is 3.35. The normalized spacial score (nSPS) is 10.3. The van der Waals surface area contributed by atoms with Crippen LogP contribution in [0, 0.1) is 9.39 Å². The number of nitrogen functional groups attached to an aromatic ring is 1. The molecule has 0 amide bonds. The van der Waals surface area contributed by atoms with Crippen LogP contribution in [0.3, 0.4) is 0 Å². The van der Waals surface area contributed by atoms with Crippen LogP contribution in [-0.4, -0.2) is 4.98 Å². The fourth-order valence-electron chi connectivity index (χ4n) is 1.26. The second kappa shape index (κ2) is 5.18. The number of anilines is 3. The Hall–Kier alpha value is -0.890. The zero-order valence-corrected chi connectivity index (χ0v) is 12.3. The Morgan fingerprint density at radius 2 is 2.12 bits per heavy atom. The Morgan fingerprint density at radius 3 is 2.76 bits per heavy atom. The van der Waals surface area contributed by atoms with Crippen LogP contribution in [-0.2, 0) is 0 Å². The number of nitrogens with one attached hydrogen (secondary N) is 1. The molecule has 1 heterocycles. The predicted molar refractivity (Wildman–Crippen MR) is 78.7 cm³/mol. The summed E-state index contributed by atoms with van der Waals surface area (Å²) in [4.78, 5) is 4.16. The van der Waals surface area contributed by atoms with Crippen molar-refractivity contribution in [2.45, 2.75) is 0 Å². The van der Waals surface area contributed by atoms with Gasteiger partial charge in [-0.25, -0.2) is 9.37 Å². The molecule has 0 aliphatic rings. The van der Waals surface area contributed by atoms with Gasteiger partial charge in [-0.15, -0.1) is 0 Å². The number of halogens is 3. The molecule has 0 unspecified atom stereocenters. The van der Waals surface area contributed by atoms with Crippen LogP contribution in [0.4, 0.5) is 21.6 Å². The van der Waals surface area contributed by atoms with Crippen LogP contribution >= 0.6 is 38.5 Å². The molecule has 1 aromatic carbocycles. The van der Waals surface area contributed by atoms with E-state index in [0.29, 0.717) is 11.5 Å². The fourth-order valence-corrected chi connectivity index (χ4v) is 2.34. The first kappa shape index (κ1) is 12.6. The average molecular weight is 408 g/mol. The zero-order valence-electron chi connectivity index (χ0n) is 8.55. The number of benzene rings is 1. The molecule has 2 aromatic rings. The first-order valence-corrected chi connectivity index (χ1v) is 6.56. The van der Waals surface area contributed by atoms with Crippen molar-refractivity contribution >= 4 is 55.7 Å². The molecule has 0 radical (unpaired) electrons. The van der Waals surface area contributed by atoms with Crippen LogP contribution in [0.5, 0.6) is 0 Å². The fraction of sp³-hybridized carbons (Fsp3) is 0. The van der Waals surface area contributed by atoms with Gasteiger partial charge in [-0.3, -0.25) is 0 Å². The summed E-state index contributed by atoms with van der Waals surface area (Å²) in [5, 5.41) is 3.11. The van der Waals surface area contributed by atoms with E-state index in [0.717, 1.165) is 13.7 Å². The summed E-state index contributed by atoms with van der Waals surface area (Å²) >= 11 is 5.42. The molecule has 0 atom stereocenters. The molecule has 2 rings (SSSR count). The topological polar surface area (TPSA) is 50.9 Å². The highest BCUT2D eigenvalue weighted by molar-refractivity contribution is 14.1. The number of nitrogens with zero attached hydrogens (tertiary/aromatic N) is 1. The second-order valence-corrected chi connectivity index (χ2v) is 5.36. The average Bonchev–Trinajstić information content (AvgIpc) is 2.25. The highest BCUT2D eigenvalue weighted by Gasteiger charge is 2.06. The van der Waals surface area contributed by atoms with Crippen molar-refractivity contribution in [1.29, 1.82) is 0 Å². The maximum absolute atomic E-state index is 12.9. The number of pyridine rings is 1. The van der Waals surface area contributed by atoms with Gasteiger partial charge >= 0.3 is 0 Å². The molecule has 3 N–H and O–H groups in total. The molecule has 0 spiro atoms. The van der Waals surface area contributed by atoms with Gasteiger partial charge in [0.2, 0.25) is 0 Å². The van der Waals surface area contributed by atoms with Gasteiger partial charge in [0.1, 0.15) is 11.6 Å². The van der Waals surface area contributed by atoms with E-state index < -0.39 is 0 Å². The largest absolute Gasteiger partial charge is 0.397 e. The van der Waals surface area contributed by atoms with Crippen LogP contribution in [0.1, 0.15) is 0 Å². The lowest BCUT2D eigenvalue weighted by molar-refractivity contribution is 0.627. The smallest absolute Gasteiger partial charge is 0.144 e.